The van der Waals surface area contributed by atoms with Crippen LogP contribution < -0.4 is 5.73 Å². The third-order valence-corrected chi connectivity index (χ3v) is 4.72. The fourth-order valence-corrected chi connectivity index (χ4v) is 3.11. The van der Waals surface area contributed by atoms with Crippen molar-refractivity contribution in [1.29, 1.82) is 0 Å². The van der Waals surface area contributed by atoms with Crippen LogP contribution in [0.1, 0.15) is 39.5 Å². The lowest BCUT2D eigenvalue weighted by molar-refractivity contribution is 0.0428. The summed E-state index contributed by atoms with van der Waals surface area (Å²) in [6.07, 6.45) is 4.54. The Balaban J connectivity index is 1.76. The van der Waals surface area contributed by atoms with E-state index in [9.17, 15) is 4.79 Å². The molecule has 0 atom stereocenters. The van der Waals surface area contributed by atoms with Crippen LogP contribution in [0.15, 0.2) is 4.99 Å². The summed E-state index contributed by atoms with van der Waals surface area (Å²) in [7, 11) is 0. The highest BCUT2D eigenvalue weighted by Gasteiger charge is 2.57. The number of urea groups is 1. The molecule has 1 spiro atoms. The van der Waals surface area contributed by atoms with Crippen molar-refractivity contribution in [3.63, 3.8) is 0 Å². The fourth-order valence-electron chi connectivity index (χ4n) is 3.11. The molecule has 2 aliphatic carbocycles. The van der Waals surface area contributed by atoms with Crippen molar-refractivity contribution in [2.24, 2.45) is 28.5 Å². The van der Waals surface area contributed by atoms with E-state index < -0.39 is 0 Å². The standard InChI is InChI=1S/C13H21N3O/c1-8(2)10-5-13(6-10)11(14)15-12(17)16(13)7-9-3-4-9/h8-10H,3-7H2,1-2H3,(H2,14,15,17). The first kappa shape index (κ1) is 11.1. The summed E-state index contributed by atoms with van der Waals surface area (Å²) in [6, 6.07) is -0.100. The van der Waals surface area contributed by atoms with E-state index in [4.69, 9.17) is 5.73 Å². The van der Waals surface area contributed by atoms with E-state index in [1.54, 1.807) is 0 Å². The van der Waals surface area contributed by atoms with Gasteiger partial charge in [-0.25, -0.2) is 4.79 Å². The predicted molar refractivity (Wildman–Crippen MR) is 66.7 cm³/mol. The fraction of sp³-hybridized carbons (Fsp3) is 0.846. The molecule has 94 valence electrons. The van der Waals surface area contributed by atoms with Crippen LogP contribution in [0, 0.1) is 17.8 Å². The minimum Gasteiger partial charge on any atom is -0.385 e. The van der Waals surface area contributed by atoms with E-state index in [2.05, 4.69) is 18.8 Å². The second-order valence-corrected chi connectivity index (χ2v) is 6.28. The van der Waals surface area contributed by atoms with Crippen LogP contribution in [-0.4, -0.2) is 28.9 Å². The number of nitrogens with two attached hydrogens (primary N) is 1. The van der Waals surface area contributed by atoms with Gasteiger partial charge in [0.1, 0.15) is 11.4 Å². The maximum Gasteiger partial charge on any atom is 0.346 e. The van der Waals surface area contributed by atoms with E-state index in [0.717, 1.165) is 19.4 Å². The predicted octanol–water partition coefficient (Wildman–Crippen LogP) is 1.99. The quantitative estimate of drug-likeness (QED) is 0.813. The summed E-state index contributed by atoms with van der Waals surface area (Å²) in [5.41, 5.74) is 5.80. The first-order valence-electron chi connectivity index (χ1n) is 6.69. The molecule has 17 heavy (non-hydrogen) atoms. The number of rotatable bonds is 3. The molecule has 4 heteroatoms. The number of aliphatic imine (C=N–C) groups is 1. The summed E-state index contributed by atoms with van der Waals surface area (Å²) in [4.78, 5) is 17.9. The Hall–Kier alpha value is -1.06. The maximum atomic E-state index is 11.9. The van der Waals surface area contributed by atoms with E-state index in [1.807, 2.05) is 4.90 Å². The van der Waals surface area contributed by atoms with E-state index in [1.165, 1.54) is 12.8 Å². The van der Waals surface area contributed by atoms with E-state index in [0.29, 0.717) is 23.6 Å². The average molecular weight is 235 g/mol. The third kappa shape index (κ3) is 1.57. The van der Waals surface area contributed by atoms with Crippen molar-refractivity contribution in [2.75, 3.05) is 6.54 Å². The van der Waals surface area contributed by atoms with Gasteiger partial charge in [0.2, 0.25) is 0 Å². The molecule has 4 nitrogen and oxygen atoms in total. The molecule has 0 aromatic rings. The van der Waals surface area contributed by atoms with Gasteiger partial charge < -0.3 is 10.6 Å². The Morgan fingerprint density at radius 1 is 1.47 bits per heavy atom. The van der Waals surface area contributed by atoms with Crippen LogP contribution >= 0.6 is 0 Å². The molecule has 2 N–H and O–H groups in total. The lowest BCUT2D eigenvalue weighted by Crippen LogP contribution is -2.63. The highest BCUT2D eigenvalue weighted by Crippen LogP contribution is 2.49. The van der Waals surface area contributed by atoms with Crippen LogP contribution in [0.2, 0.25) is 0 Å². The van der Waals surface area contributed by atoms with Crippen LogP contribution in [0.5, 0.6) is 0 Å². The largest absolute Gasteiger partial charge is 0.385 e. The lowest BCUT2D eigenvalue weighted by Gasteiger charge is -2.51. The molecule has 2 fully saturated rings. The SMILES string of the molecule is CC(C)C1CC2(C1)C(N)=NC(=O)N2CC1CC1. The average Bonchev–Trinajstić information content (AvgIpc) is 2.92. The van der Waals surface area contributed by atoms with Gasteiger partial charge in [-0.1, -0.05) is 13.8 Å². The molecule has 3 rings (SSSR count). The topological polar surface area (TPSA) is 58.7 Å². The normalized spacial score (nSPS) is 36.6. The zero-order valence-corrected chi connectivity index (χ0v) is 10.6. The summed E-state index contributed by atoms with van der Waals surface area (Å²) in [5.74, 6) is 2.64. The Bertz CT molecular complexity index is 378. The lowest BCUT2D eigenvalue weighted by atomic mass is 9.63. The van der Waals surface area contributed by atoms with E-state index in [-0.39, 0.29) is 11.6 Å². The monoisotopic (exact) mass is 235 g/mol. The number of hydrogen-bond acceptors (Lipinski definition) is 2. The molecular formula is C13H21N3O. The van der Waals surface area contributed by atoms with Crippen LogP contribution in [-0.2, 0) is 0 Å². The van der Waals surface area contributed by atoms with Gasteiger partial charge in [0.15, 0.2) is 0 Å². The van der Waals surface area contributed by atoms with Crippen molar-refractivity contribution in [1.82, 2.24) is 4.90 Å². The van der Waals surface area contributed by atoms with Crippen molar-refractivity contribution in [3.8, 4) is 0 Å². The zero-order chi connectivity index (χ0) is 12.2. The number of carbonyl (C=O) groups excluding carboxylic acids is 1. The van der Waals surface area contributed by atoms with Gasteiger partial charge in [-0.3, -0.25) is 0 Å². The van der Waals surface area contributed by atoms with Gasteiger partial charge in [-0.05, 0) is 43.4 Å². The van der Waals surface area contributed by atoms with Crippen molar-refractivity contribution < 1.29 is 4.79 Å². The molecule has 1 aliphatic heterocycles. The van der Waals surface area contributed by atoms with Crippen LogP contribution in [0.3, 0.4) is 0 Å². The molecule has 0 saturated heterocycles. The summed E-state index contributed by atoms with van der Waals surface area (Å²) >= 11 is 0. The molecular weight excluding hydrogens is 214 g/mol. The van der Waals surface area contributed by atoms with Crippen molar-refractivity contribution in [2.45, 2.75) is 45.1 Å². The number of carbonyl (C=O) groups is 1. The first-order chi connectivity index (χ1) is 8.03. The highest BCUT2D eigenvalue weighted by molar-refractivity contribution is 6.06. The molecule has 2 saturated carbocycles. The summed E-state index contributed by atoms with van der Waals surface area (Å²) in [5, 5.41) is 0. The van der Waals surface area contributed by atoms with Gasteiger partial charge in [0.25, 0.3) is 0 Å². The zero-order valence-electron chi connectivity index (χ0n) is 10.6. The molecule has 0 radical (unpaired) electrons. The second kappa shape index (κ2) is 3.47. The molecule has 1 heterocycles. The van der Waals surface area contributed by atoms with Gasteiger partial charge in [0.05, 0.1) is 0 Å². The number of hydrogen-bond donors (Lipinski definition) is 1. The minimum absolute atomic E-state index is 0.100. The summed E-state index contributed by atoms with van der Waals surface area (Å²) in [6.45, 7) is 5.35. The Morgan fingerprint density at radius 3 is 2.65 bits per heavy atom. The molecule has 0 bridgehead atoms. The number of nitrogens with zero attached hydrogens (tertiary/aromatic N) is 2. The maximum absolute atomic E-state index is 11.9. The van der Waals surface area contributed by atoms with Crippen LogP contribution in [0.4, 0.5) is 4.79 Å². The number of amides is 2. The third-order valence-electron chi connectivity index (χ3n) is 4.72. The molecule has 0 aromatic heterocycles. The molecule has 0 unspecified atom stereocenters. The first-order valence-corrected chi connectivity index (χ1v) is 6.69. The Labute approximate surface area is 102 Å². The number of amidine groups is 1. The molecule has 0 aromatic carbocycles. The van der Waals surface area contributed by atoms with Gasteiger partial charge in [0, 0.05) is 6.54 Å². The van der Waals surface area contributed by atoms with Crippen molar-refractivity contribution in [3.05, 3.63) is 0 Å². The Kier molecular flexibility index (Phi) is 2.25. The second-order valence-electron chi connectivity index (χ2n) is 6.28. The smallest absolute Gasteiger partial charge is 0.346 e. The summed E-state index contributed by atoms with van der Waals surface area (Å²) < 4.78 is 0. The molecule has 2 amide bonds. The molecule has 3 aliphatic rings. The van der Waals surface area contributed by atoms with Crippen molar-refractivity contribution >= 4 is 11.9 Å². The van der Waals surface area contributed by atoms with Gasteiger partial charge >= 0.3 is 6.03 Å². The highest BCUT2D eigenvalue weighted by atomic mass is 16.2. The minimum atomic E-state index is -0.200. The van der Waals surface area contributed by atoms with Crippen LogP contribution in [0.25, 0.3) is 0 Å². The van der Waals surface area contributed by atoms with Gasteiger partial charge in [-0.15, -0.1) is 0 Å². The Morgan fingerprint density at radius 2 is 2.12 bits per heavy atom. The van der Waals surface area contributed by atoms with E-state index >= 15 is 0 Å². The van der Waals surface area contributed by atoms with Gasteiger partial charge in [-0.2, -0.15) is 4.99 Å².